The van der Waals surface area contributed by atoms with E-state index in [1.807, 2.05) is 12.1 Å². The van der Waals surface area contributed by atoms with Crippen LogP contribution in [-0.4, -0.2) is 39.2 Å². The van der Waals surface area contributed by atoms with Crippen LogP contribution in [0.3, 0.4) is 0 Å². The SMILES string of the molecule is CC(C)N1CC[C@H](c2nnc(-c3cccnc3)o2)C1. The highest BCUT2D eigenvalue weighted by Crippen LogP contribution is 2.29. The molecule has 1 atom stereocenters. The van der Waals surface area contributed by atoms with Gasteiger partial charge in [-0.25, -0.2) is 0 Å². The molecule has 2 aromatic rings. The largest absolute Gasteiger partial charge is 0.420 e. The molecule has 1 fully saturated rings. The molecule has 2 aromatic heterocycles. The maximum Gasteiger partial charge on any atom is 0.249 e. The molecule has 5 heteroatoms. The zero-order valence-corrected chi connectivity index (χ0v) is 11.3. The van der Waals surface area contributed by atoms with Gasteiger partial charge < -0.3 is 9.32 Å². The molecule has 1 aliphatic heterocycles. The smallest absolute Gasteiger partial charge is 0.249 e. The Morgan fingerprint density at radius 2 is 2.26 bits per heavy atom. The van der Waals surface area contributed by atoms with Crippen molar-refractivity contribution in [2.24, 2.45) is 0 Å². The molecule has 0 N–H and O–H groups in total. The lowest BCUT2D eigenvalue weighted by Gasteiger charge is -2.19. The average Bonchev–Trinajstić information content (AvgIpc) is 3.09. The standard InChI is InChI=1S/C14H18N4O/c1-10(2)18-7-5-12(9-18)14-17-16-13(19-14)11-4-3-6-15-8-11/h3-4,6,8,10,12H,5,7,9H2,1-2H3/t12-/m0/s1. The molecule has 1 saturated heterocycles. The van der Waals surface area contributed by atoms with E-state index in [1.54, 1.807) is 12.4 Å². The van der Waals surface area contributed by atoms with Gasteiger partial charge in [0.05, 0.1) is 11.5 Å². The summed E-state index contributed by atoms with van der Waals surface area (Å²) in [7, 11) is 0. The van der Waals surface area contributed by atoms with E-state index in [-0.39, 0.29) is 0 Å². The van der Waals surface area contributed by atoms with Crippen LogP contribution in [0.15, 0.2) is 28.9 Å². The Balaban J connectivity index is 1.76. The van der Waals surface area contributed by atoms with Crippen molar-refractivity contribution in [2.75, 3.05) is 13.1 Å². The fourth-order valence-electron chi connectivity index (χ4n) is 2.46. The van der Waals surface area contributed by atoms with Crippen LogP contribution in [0.5, 0.6) is 0 Å². The molecule has 19 heavy (non-hydrogen) atoms. The van der Waals surface area contributed by atoms with Crippen LogP contribution in [0.1, 0.15) is 32.1 Å². The zero-order chi connectivity index (χ0) is 13.2. The molecule has 0 unspecified atom stereocenters. The quantitative estimate of drug-likeness (QED) is 0.845. The second-order valence-corrected chi connectivity index (χ2v) is 5.26. The topological polar surface area (TPSA) is 55.1 Å². The van der Waals surface area contributed by atoms with Crippen molar-refractivity contribution >= 4 is 0 Å². The number of nitrogens with zero attached hydrogens (tertiary/aromatic N) is 4. The van der Waals surface area contributed by atoms with Crippen molar-refractivity contribution in [3.63, 3.8) is 0 Å². The minimum atomic E-state index is 0.361. The third-order valence-corrected chi connectivity index (χ3v) is 3.65. The highest BCUT2D eigenvalue weighted by Gasteiger charge is 2.29. The molecule has 0 aliphatic carbocycles. The molecule has 3 rings (SSSR count). The number of pyridine rings is 1. The Kier molecular flexibility index (Phi) is 3.29. The van der Waals surface area contributed by atoms with Crippen LogP contribution >= 0.6 is 0 Å². The highest BCUT2D eigenvalue weighted by atomic mass is 16.4. The van der Waals surface area contributed by atoms with Crippen molar-refractivity contribution in [3.8, 4) is 11.5 Å². The van der Waals surface area contributed by atoms with Crippen molar-refractivity contribution in [1.82, 2.24) is 20.1 Å². The number of hydrogen-bond acceptors (Lipinski definition) is 5. The van der Waals surface area contributed by atoms with Gasteiger partial charge in [-0.15, -0.1) is 10.2 Å². The Morgan fingerprint density at radius 3 is 2.95 bits per heavy atom. The van der Waals surface area contributed by atoms with E-state index in [9.17, 15) is 0 Å². The summed E-state index contributed by atoms with van der Waals surface area (Å²) < 4.78 is 5.79. The van der Waals surface area contributed by atoms with E-state index in [4.69, 9.17) is 4.42 Å². The molecule has 1 aliphatic rings. The predicted octanol–water partition coefficient (Wildman–Crippen LogP) is 2.33. The van der Waals surface area contributed by atoms with Gasteiger partial charge in [0, 0.05) is 25.0 Å². The minimum absolute atomic E-state index is 0.361. The molecule has 0 aromatic carbocycles. The molecular formula is C14H18N4O. The fourth-order valence-corrected chi connectivity index (χ4v) is 2.46. The summed E-state index contributed by atoms with van der Waals surface area (Å²) in [6.07, 6.45) is 4.57. The maximum atomic E-state index is 5.79. The second kappa shape index (κ2) is 5.09. The molecule has 100 valence electrons. The van der Waals surface area contributed by atoms with Gasteiger partial charge in [0.2, 0.25) is 11.8 Å². The van der Waals surface area contributed by atoms with E-state index < -0.39 is 0 Å². The summed E-state index contributed by atoms with van der Waals surface area (Å²) in [4.78, 5) is 6.51. The van der Waals surface area contributed by atoms with Crippen LogP contribution in [-0.2, 0) is 0 Å². The van der Waals surface area contributed by atoms with Gasteiger partial charge >= 0.3 is 0 Å². The summed E-state index contributed by atoms with van der Waals surface area (Å²) in [6.45, 7) is 6.55. The third kappa shape index (κ3) is 2.51. The van der Waals surface area contributed by atoms with Gasteiger partial charge in [-0.1, -0.05) is 0 Å². The molecule has 0 spiro atoms. The first-order valence-electron chi connectivity index (χ1n) is 6.72. The first-order valence-corrected chi connectivity index (χ1v) is 6.72. The summed E-state index contributed by atoms with van der Waals surface area (Å²) in [5, 5.41) is 8.32. The number of hydrogen-bond donors (Lipinski definition) is 0. The van der Waals surface area contributed by atoms with Crippen LogP contribution in [0.2, 0.25) is 0 Å². The monoisotopic (exact) mass is 258 g/mol. The van der Waals surface area contributed by atoms with Crippen LogP contribution < -0.4 is 0 Å². The first kappa shape index (κ1) is 12.3. The summed E-state index contributed by atoms with van der Waals surface area (Å²) in [6, 6.07) is 4.37. The first-order chi connectivity index (χ1) is 9.24. The van der Waals surface area contributed by atoms with E-state index in [2.05, 4.69) is 33.9 Å². The van der Waals surface area contributed by atoms with Crippen molar-refractivity contribution in [2.45, 2.75) is 32.2 Å². The molecular weight excluding hydrogens is 240 g/mol. The maximum absolute atomic E-state index is 5.79. The van der Waals surface area contributed by atoms with Crippen LogP contribution in [0.4, 0.5) is 0 Å². The molecule has 0 saturated carbocycles. The van der Waals surface area contributed by atoms with E-state index >= 15 is 0 Å². The third-order valence-electron chi connectivity index (χ3n) is 3.65. The number of aromatic nitrogens is 3. The van der Waals surface area contributed by atoms with E-state index in [0.29, 0.717) is 17.9 Å². The van der Waals surface area contributed by atoms with Gasteiger partial charge in [-0.2, -0.15) is 0 Å². The van der Waals surface area contributed by atoms with Gasteiger partial charge in [-0.05, 0) is 38.9 Å². The Bertz CT molecular complexity index is 537. The van der Waals surface area contributed by atoms with Crippen LogP contribution in [0, 0.1) is 0 Å². The number of likely N-dealkylation sites (tertiary alicyclic amines) is 1. The highest BCUT2D eigenvalue weighted by molar-refractivity contribution is 5.49. The molecule has 0 bridgehead atoms. The lowest BCUT2D eigenvalue weighted by Crippen LogP contribution is -2.27. The fraction of sp³-hybridized carbons (Fsp3) is 0.500. The summed E-state index contributed by atoms with van der Waals surface area (Å²) >= 11 is 0. The molecule has 5 nitrogen and oxygen atoms in total. The van der Waals surface area contributed by atoms with E-state index in [0.717, 1.165) is 31.0 Å². The molecule has 0 amide bonds. The predicted molar refractivity (Wildman–Crippen MR) is 71.6 cm³/mol. The van der Waals surface area contributed by atoms with Gasteiger partial charge in [0.1, 0.15) is 0 Å². The zero-order valence-electron chi connectivity index (χ0n) is 11.3. The Labute approximate surface area is 112 Å². The summed E-state index contributed by atoms with van der Waals surface area (Å²) in [5.41, 5.74) is 0.875. The van der Waals surface area contributed by atoms with Crippen LogP contribution in [0.25, 0.3) is 11.5 Å². The van der Waals surface area contributed by atoms with E-state index in [1.165, 1.54) is 0 Å². The molecule has 3 heterocycles. The van der Waals surface area contributed by atoms with Crippen molar-refractivity contribution in [3.05, 3.63) is 30.4 Å². The minimum Gasteiger partial charge on any atom is -0.420 e. The lowest BCUT2D eigenvalue weighted by atomic mass is 10.1. The normalized spacial score (nSPS) is 20.3. The molecule has 0 radical (unpaired) electrons. The van der Waals surface area contributed by atoms with Gasteiger partial charge in [-0.3, -0.25) is 4.98 Å². The van der Waals surface area contributed by atoms with Crippen molar-refractivity contribution in [1.29, 1.82) is 0 Å². The van der Waals surface area contributed by atoms with Crippen molar-refractivity contribution < 1.29 is 4.42 Å². The Hall–Kier alpha value is -1.75. The average molecular weight is 258 g/mol. The summed E-state index contributed by atoms with van der Waals surface area (Å²) in [5.74, 6) is 1.67. The lowest BCUT2D eigenvalue weighted by molar-refractivity contribution is 0.269. The van der Waals surface area contributed by atoms with Gasteiger partial charge in [0.15, 0.2) is 0 Å². The second-order valence-electron chi connectivity index (χ2n) is 5.26. The number of rotatable bonds is 3. The Morgan fingerprint density at radius 1 is 1.37 bits per heavy atom. The van der Waals surface area contributed by atoms with Gasteiger partial charge in [0.25, 0.3) is 0 Å².